The molecule has 1 N–H and O–H groups in total. The van der Waals surface area contributed by atoms with Gasteiger partial charge >= 0.3 is 0 Å². The van der Waals surface area contributed by atoms with Crippen LogP contribution in [-0.2, 0) is 9.47 Å². The number of ether oxygens (including phenoxy) is 2. The van der Waals surface area contributed by atoms with Crippen LogP contribution in [0.2, 0.25) is 10.0 Å². The van der Waals surface area contributed by atoms with Crippen molar-refractivity contribution in [2.75, 3.05) is 13.2 Å². The third kappa shape index (κ3) is 8.20. The Bertz CT molecular complexity index is 1370. The van der Waals surface area contributed by atoms with E-state index in [1.54, 1.807) is 13.1 Å². The van der Waals surface area contributed by atoms with Crippen LogP contribution in [-0.4, -0.2) is 37.9 Å². The predicted molar refractivity (Wildman–Crippen MR) is 178 cm³/mol. The van der Waals surface area contributed by atoms with Gasteiger partial charge in [-0.25, -0.2) is 9.36 Å². The lowest BCUT2D eigenvalue weighted by Crippen LogP contribution is -2.18. The van der Waals surface area contributed by atoms with Gasteiger partial charge in [0, 0.05) is 38.7 Å². The summed E-state index contributed by atoms with van der Waals surface area (Å²) < 4.78 is 16.3. The molecule has 0 spiro atoms. The molecule has 4 aromatic rings. The number of phenols is 1. The summed E-state index contributed by atoms with van der Waals surface area (Å²) in [6.45, 7) is 14.1. The van der Waals surface area contributed by atoms with Crippen LogP contribution in [0, 0.1) is 19.3 Å². The Hall–Kier alpha value is -1.84. The van der Waals surface area contributed by atoms with Gasteiger partial charge in [-0.1, -0.05) is 58.3 Å². The topological polar surface area (TPSA) is 74.3 Å². The predicted octanol–water partition coefficient (Wildman–Crippen LogP) is 10.6. The molecule has 7 nitrogen and oxygen atoms in total. The average Bonchev–Trinajstić information content (AvgIpc) is 3.56. The molecule has 232 valence electrons. The van der Waals surface area contributed by atoms with E-state index >= 15 is 0 Å². The van der Waals surface area contributed by atoms with Gasteiger partial charge in [-0.3, -0.25) is 0 Å². The summed E-state index contributed by atoms with van der Waals surface area (Å²) in [4.78, 5) is 0. The molecule has 2 aromatic carbocycles. The summed E-state index contributed by atoms with van der Waals surface area (Å²) in [6.07, 6.45) is 10.1. The Morgan fingerprint density at radius 1 is 0.810 bits per heavy atom. The Kier molecular flexibility index (Phi) is 12.2. The van der Waals surface area contributed by atoms with E-state index in [4.69, 9.17) is 32.7 Å². The lowest BCUT2D eigenvalue weighted by Gasteiger charge is -2.23. The molecule has 2 unspecified atom stereocenters. The zero-order valence-electron chi connectivity index (χ0n) is 24.8. The Balaban J connectivity index is 0.000000195. The minimum atomic E-state index is -0.0468. The number of benzene rings is 2. The summed E-state index contributed by atoms with van der Waals surface area (Å²) in [5, 5.41) is 22.0. The van der Waals surface area contributed by atoms with Crippen molar-refractivity contribution < 1.29 is 14.6 Å². The fourth-order valence-corrected chi connectivity index (χ4v) is 5.78. The number of fused-ring (bicyclic) bond motifs is 2. The van der Waals surface area contributed by atoms with Crippen molar-refractivity contribution in [3.8, 4) is 5.75 Å². The van der Waals surface area contributed by atoms with Gasteiger partial charge in [0.2, 0.25) is 0 Å². The van der Waals surface area contributed by atoms with Crippen LogP contribution >= 0.6 is 39.1 Å². The normalized spacial score (nSPS) is 19.0. The minimum absolute atomic E-state index is 0. The van der Waals surface area contributed by atoms with Gasteiger partial charge in [0.05, 0.1) is 28.8 Å². The Morgan fingerprint density at radius 3 is 1.69 bits per heavy atom. The van der Waals surface area contributed by atoms with E-state index in [0.717, 1.165) is 82.2 Å². The minimum Gasteiger partial charge on any atom is -0.507 e. The van der Waals surface area contributed by atoms with E-state index in [1.807, 2.05) is 34.6 Å². The van der Waals surface area contributed by atoms with Crippen molar-refractivity contribution in [2.45, 2.75) is 99.9 Å². The molecule has 2 fully saturated rings. The van der Waals surface area contributed by atoms with Crippen LogP contribution in [0.25, 0.3) is 21.8 Å². The average molecular weight is 685 g/mol. The van der Waals surface area contributed by atoms with E-state index in [9.17, 15) is 5.11 Å². The van der Waals surface area contributed by atoms with Gasteiger partial charge in [-0.2, -0.15) is 10.2 Å². The highest BCUT2D eigenvalue weighted by Gasteiger charge is 2.22. The molecule has 0 bridgehead atoms. The molecular formula is C32H45BrCl2N4O3. The van der Waals surface area contributed by atoms with Crippen LogP contribution in [0.4, 0.5) is 0 Å². The molecule has 0 amide bonds. The molecule has 0 saturated carbocycles. The molecule has 2 atom stereocenters. The summed E-state index contributed by atoms with van der Waals surface area (Å²) >= 11 is 16.0. The van der Waals surface area contributed by atoms with Crippen molar-refractivity contribution in [2.24, 2.45) is 5.41 Å². The smallest absolute Gasteiger partial charge is 0.150 e. The van der Waals surface area contributed by atoms with E-state index in [-0.39, 0.29) is 25.6 Å². The van der Waals surface area contributed by atoms with Crippen molar-refractivity contribution in [1.82, 2.24) is 19.6 Å². The molecule has 2 aromatic heterocycles. The maximum atomic E-state index is 10.1. The van der Waals surface area contributed by atoms with Crippen molar-refractivity contribution in [1.29, 1.82) is 0 Å². The highest BCUT2D eigenvalue weighted by Crippen LogP contribution is 2.37. The molecule has 6 rings (SSSR count). The van der Waals surface area contributed by atoms with Gasteiger partial charge in [-0.15, -0.1) is 0 Å². The van der Waals surface area contributed by atoms with E-state index in [0.29, 0.717) is 16.0 Å². The quantitative estimate of drug-likeness (QED) is 0.228. The fourth-order valence-electron chi connectivity index (χ4n) is 4.75. The van der Waals surface area contributed by atoms with Crippen LogP contribution in [0.5, 0.6) is 5.75 Å². The first kappa shape index (κ1) is 34.6. The number of nitrogens with zero attached hydrogens (tertiary/aromatic N) is 4. The number of rotatable bonds is 2. The van der Waals surface area contributed by atoms with E-state index in [1.165, 1.54) is 6.42 Å². The van der Waals surface area contributed by atoms with Crippen molar-refractivity contribution in [3.05, 3.63) is 50.2 Å². The molecule has 2 aliphatic rings. The monoisotopic (exact) mass is 682 g/mol. The second kappa shape index (κ2) is 14.8. The lowest BCUT2D eigenvalue weighted by atomic mass is 10.0. The number of hydrogen-bond donors (Lipinski definition) is 1. The largest absolute Gasteiger partial charge is 0.507 e. The third-order valence-electron chi connectivity index (χ3n) is 6.94. The van der Waals surface area contributed by atoms with Crippen LogP contribution in [0.1, 0.15) is 97.2 Å². The van der Waals surface area contributed by atoms with Crippen molar-refractivity contribution in [3.63, 3.8) is 0 Å². The standard InChI is InChI=1S/C13H14BrClN2O.C13H15ClN2O2.C5H12.CH4/c1-8-10(15)6-11-9(13(8)14)7-16-17(11)12-4-2-3-5-18-12;1-8-10(14)6-11-9(13(8)17)7-15-16(11)12-4-2-3-5-18-12;1-5(2,3)4;/h6-7,12H,2-5H2,1H3;6-7,12,17H,2-5H2,1H3;1-4H3;1H4. The maximum Gasteiger partial charge on any atom is 0.150 e. The van der Waals surface area contributed by atoms with Gasteiger partial charge in [0.1, 0.15) is 5.75 Å². The number of aromatic nitrogens is 4. The SMILES string of the molecule is C.CC(C)(C)C.Cc1c(Cl)cc2c(cnn2C2CCCCO2)c1Br.Cc1c(Cl)cc2c(cnn2C2CCCCO2)c1O. The second-order valence-corrected chi connectivity index (χ2v) is 13.9. The molecule has 2 saturated heterocycles. The highest BCUT2D eigenvalue weighted by atomic mass is 79.9. The number of aromatic hydroxyl groups is 1. The number of halogens is 3. The first-order valence-electron chi connectivity index (χ1n) is 14.3. The van der Waals surface area contributed by atoms with Gasteiger partial charge < -0.3 is 14.6 Å². The Morgan fingerprint density at radius 2 is 1.24 bits per heavy atom. The van der Waals surface area contributed by atoms with Crippen LogP contribution in [0.3, 0.4) is 0 Å². The fraction of sp³-hybridized carbons (Fsp3) is 0.562. The second-order valence-electron chi connectivity index (χ2n) is 12.3. The zero-order valence-corrected chi connectivity index (χ0v) is 27.9. The summed E-state index contributed by atoms with van der Waals surface area (Å²) in [5.41, 5.74) is 4.10. The zero-order chi connectivity index (χ0) is 29.9. The number of phenolic OH excluding ortho intramolecular Hbond substituents is 1. The molecule has 0 radical (unpaired) electrons. The maximum absolute atomic E-state index is 10.1. The Labute approximate surface area is 268 Å². The third-order valence-corrected chi connectivity index (χ3v) is 8.75. The van der Waals surface area contributed by atoms with Crippen molar-refractivity contribution >= 4 is 60.9 Å². The summed E-state index contributed by atoms with van der Waals surface area (Å²) in [6, 6.07) is 3.82. The summed E-state index contributed by atoms with van der Waals surface area (Å²) in [5.74, 6) is 0.208. The van der Waals surface area contributed by atoms with Gasteiger partial charge in [-0.05, 0) is 91.4 Å². The van der Waals surface area contributed by atoms with E-state index < -0.39 is 0 Å². The highest BCUT2D eigenvalue weighted by molar-refractivity contribution is 9.10. The number of hydrogen-bond acceptors (Lipinski definition) is 5. The molecule has 10 heteroatoms. The lowest BCUT2D eigenvalue weighted by molar-refractivity contribution is -0.0367. The molecule has 2 aliphatic heterocycles. The van der Waals surface area contributed by atoms with E-state index in [2.05, 4.69) is 53.8 Å². The first-order valence-corrected chi connectivity index (χ1v) is 15.8. The van der Waals surface area contributed by atoms with Gasteiger partial charge in [0.25, 0.3) is 0 Å². The molecule has 0 aliphatic carbocycles. The van der Waals surface area contributed by atoms with Crippen LogP contribution in [0.15, 0.2) is 29.0 Å². The van der Waals surface area contributed by atoms with Crippen LogP contribution < -0.4 is 0 Å². The first-order chi connectivity index (χ1) is 19.4. The molecule has 4 heterocycles. The molecular weight excluding hydrogens is 639 g/mol. The molecule has 42 heavy (non-hydrogen) atoms. The van der Waals surface area contributed by atoms with Gasteiger partial charge in [0.15, 0.2) is 12.5 Å². The summed E-state index contributed by atoms with van der Waals surface area (Å²) in [7, 11) is 0.